The molecule has 1 saturated carbocycles. The van der Waals surface area contributed by atoms with Crippen molar-refractivity contribution in [3.8, 4) is 0 Å². The van der Waals surface area contributed by atoms with Gasteiger partial charge in [-0.2, -0.15) is 0 Å². The molecular weight excluding hydrogens is 312 g/mol. The lowest BCUT2D eigenvalue weighted by atomic mass is 9.76. The van der Waals surface area contributed by atoms with E-state index in [4.69, 9.17) is 0 Å². The highest BCUT2D eigenvalue weighted by Gasteiger charge is 2.49. The number of Topliss-reactive ketones (excluding diaryl/α,β-unsaturated/α-hetero) is 1. The molecule has 0 spiro atoms. The first kappa shape index (κ1) is 20.3. The lowest BCUT2D eigenvalue weighted by molar-refractivity contribution is -0.125. The van der Waals surface area contributed by atoms with Crippen molar-refractivity contribution in [3.05, 3.63) is 0 Å². The van der Waals surface area contributed by atoms with E-state index >= 15 is 0 Å². The van der Waals surface area contributed by atoms with E-state index in [1.807, 2.05) is 0 Å². The van der Waals surface area contributed by atoms with Gasteiger partial charge in [0.05, 0.1) is 0 Å². The van der Waals surface area contributed by atoms with Crippen molar-refractivity contribution in [1.29, 1.82) is 0 Å². The van der Waals surface area contributed by atoms with Crippen LogP contribution in [0.4, 0.5) is 0 Å². The summed E-state index contributed by atoms with van der Waals surface area (Å²) in [7, 11) is 0.363. The van der Waals surface area contributed by atoms with Crippen LogP contribution in [0.15, 0.2) is 0 Å². The van der Waals surface area contributed by atoms with Crippen molar-refractivity contribution in [1.82, 2.24) is 0 Å². The number of carbonyl (C=O) groups excluding carboxylic acids is 1. The fourth-order valence-electron chi connectivity index (χ4n) is 4.73. The second-order valence-corrected chi connectivity index (χ2v) is 11.6. The topological polar surface area (TPSA) is 17.1 Å². The van der Waals surface area contributed by atoms with E-state index in [0.717, 1.165) is 5.92 Å². The predicted molar refractivity (Wildman–Crippen MR) is 109 cm³/mol. The highest BCUT2D eigenvalue weighted by Crippen LogP contribution is 2.38. The van der Waals surface area contributed by atoms with Crippen LogP contribution >= 0.6 is 0 Å². The summed E-state index contributed by atoms with van der Waals surface area (Å²) in [5, 5.41) is 0. The second-order valence-electron chi connectivity index (χ2n) is 8.76. The van der Waals surface area contributed by atoms with Gasteiger partial charge in [-0.3, -0.25) is 4.79 Å². The van der Waals surface area contributed by atoms with Crippen molar-refractivity contribution >= 4 is 16.7 Å². The summed E-state index contributed by atoms with van der Waals surface area (Å²) in [5.74, 6) is 4.54. The van der Waals surface area contributed by atoms with Gasteiger partial charge >= 0.3 is 0 Å². The summed E-state index contributed by atoms with van der Waals surface area (Å²) >= 11 is 0. The Labute approximate surface area is 154 Å². The molecule has 140 valence electrons. The van der Waals surface area contributed by atoms with Gasteiger partial charge in [-0.1, -0.05) is 51.9 Å². The van der Waals surface area contributed by atoms with E-state index in [9.17, 15) is 4.79 Å². The van der Waals surface area contributed by atoms with Crippen LogP contribution in [0.5, 0.6) is 0 Å². The molecule has 2 aliphatic rings. The molecule has 0 radical (unpaired) electrons. The Morgan fingerprint density at radius 1 is 0.917 bits per heavy atom. The van der Waals surface area contributed by atoms with Gasteiger partial charge in [0.1, 0.15) is 11.5 Å². The summed E-state index contributed by atoms with van der Waals surface area (Å²) in [6, 6.07) is 0. The van der Waals surface area contributed by atoms with E-state index < -0.39 is 0 Å². The fourth-order valence-corrected chi connectivity index (χ4v) is 7.51. The average molecular weight is 354 g/mol. The van der Waals surface area contributed by atoms with Crippen LogP contribution in [0.1, 0.15) is 104 Å². The van der Waals surface area contributed by atoms with Crippen molar-refractivity contribution in [2.24, 2.45) is 11.8 Å². The number of hydrogen-bond acceptors (Lipinski definition) is 1. The molecule has 0 aromatic carbocycles. The molecule has 1 aliphatic carbocycles. The Bertz CT molecular complexity index is 362. The second kappa shape index (κ2) is 10.2. The average Bonchev–Trinajstić information content (AvgIpc) is 3.13. The molecule has 0 N–H and O–H groups in total. The Balaban J connectivity index is 1.65. The smallest absolute Gasteiger partial charge is 0.190 e. The zero-order valence-electron chi connectivity index (χ0n) is 16.6. The minimum atomic E-state index is -0.0344. The number of hydrogen-bond donors (Lipinski definition) is 0. The SMILES string of the molecule is CCCCCCCCC1CCC(C(=O)C(C)(C)[S+]2CCCC2)CC1. The molecule has 1 aliphatic heterocycles. The highest BCUT2D eigenvalue weighted by atomic mass is 32.2. The van der Waals surface area contributed by atoms with E-state index in [1.54, 1.807) is 0 Å². The molecule has 0 bridgehead atoms. The van der Waals surface area contributed by atoms with Crippen molar-refractivity contribution in [2.45, 2.75) is 109 Å². The zero-order valence-corrected chi connectivity index (χ0v) is 17.4. The Morgan fingerprint density at radius 3 is 2.12 bits per heavy atom. The lowest BCUT2D eigenvalue weighted by Gasteiger charge is -2.32. The van der Waals surface area contributed by atoms with Crippen molar-refractivity contribution in [3.63, 3.8) is 0 Å². The highest BCUT2D eigenvalue weighted by molar-refractivity contribution is 7.99. The Morgan fingerprint density at radius 2 is 1.50 bits per heavy atom. The van der Waals surface area contributed by atoms with Crippen LogP contribution in [0.3, 0.4) is 0 Å². The van der Waals surface area contributed by atoms with Crippen LogP contribution in [0.25, 0.3) is 0 Å². The van der Waals surface area contributed by atoms with Crippen LogP contribution in [0.2, 0.25) is 0 Å². The van der Waals surface area contributed by atoms with Gasteiger partial charge < -0.3 is 0 Å². The van der Waals surface area contributed by atoms with Crippen LogP contribution in [0, 0.1) is 11.8 Å². The van der Waals surface area contributed by atoms with Gasteiger partial charge in [-0.25, -0.2) is 0 Å². The summed E-state index contributed by atoms with van der Waals surface area (Å²) in [4.78, 5) is 13.1. The number of carbonyl (C=O) groups is 1. The minimum Gasteiger partial charge on any atom is -0.293 e. The molecule has 1 heterocycles. The van der Waals surface area contributed by atoms with Crippen LogP contribution in [-0.4, -0.2) is 22.0 Å². The van der Waals surface area contributed by atoms with Gasteiger partial charge in [0.2, 0.25) is 0 Å². The molecule has 0 unspecified atom stereocenters. The molecule has 1 nitrogen and oxygen atoms in total. The third kappa shape index (κ3) is 5.78. The van der Waals surface area contributed by atoms with Gasteiger partial charge in [-0.15, -0.1) is 0 Å². The number of ketones is 1. The van der Waals surface area contributed by atoms with Gasteiger partial charge in [0.25, 0.3) is 0 Å². The molecule has 1 saturated heterocycles. The van der Waals surface area contributed by atoms with E-state index in [2.05, 4.69) is 20.8 Å². The van der Waals surface area contributed by atoms with Gasteiger partial charge in [-0.05, 0) is 58.3 Å². The first-order valence-corrected chi connectivity index (χ1v) is 12.3. The van der Waals surface area contributed by atoms with Gasteiger partial charge in [0.15, 0.2) is 10.5 Å². The maximum Gasteiger partial charge on any atom is 0.190 e. The monoisotopic (exact) mass is 353 g/mol. The third-order valence-corrected chi connectivity index (χ3v) is 9.74. The molecule has 2 heteroatoms. The van der Waals surface area contributed by atoms with Crippen molar-refractivity contribution in [2.75, 3.05) is 11.5 Å². The lowest BCUT2D eigenvalue weighted by Crippen LogP contribution is -2.46. The zero-order chi connectivity index (χ0) is 17.4. The molecule has 2 rings (SSSR count). The van der Waals surface area contributed by atoms with Crippen LogP contribution < -0.4 is 0 Å². The normalized spacial score (nSPS) is 26.0. The molecule has 0 atom stereocenters. The molecular formula is C22H41OS+. The summed E-state index contributed by atoms with van der Waals surface area (Å²) in [5.41, 5.74) is 0. The maximum atomic E-state index is 13.1. The minimum absolute atomic E-state index is 0.0344. The van der Waals surface area contributed by atoms with Crippen molar-refractivity contribution < 1.29 is 4.79 Å². The molecule has 24 heavy (non-hydrogen) atoms. The molecule has 2 fully saturated rings. The predicted octanol–water partition coefficient (Wildman–Crippen LogP) is 6.30. The maximum absolute atomic E-state index is 13.1. The summed E-state index contributed by atoms with van der Waals surface area (Å²) in [6.07, 6.45) is 17.6. The number of rotatable bonds is 10. The van der Waals surface area contributed by atoms with E-state index in [0.29, 0.717) is 22.6 Å². The van der Waals surface area contributed by atoms with E-state index in [-0.39, 0.29) is 4.75 Å². The molecule has 0 aromatic heterocycles. The van der Waals surface area contributed by atoms with Gasteiger partial charge in [0, 0.05) is 16.8 Å². The molecule has 0 amide bonds. The summed E-state index contributed by atoms with van der Waals surface area (Å²) in [6.45, 7) is 6.80. The first-order valence-electron chi connectivity index (χ1n) is 10.8. The Hall–Kier alpha value is 0.0200. The Kier molecular flexibility index (Phi) is 8.67. The fraction of sp³-hybridized carbons (Fsp3) is 0.955. The third-order valence-electron chi connectivity index (χ3n) is 6.53. The quantitative estimate of drug-likeness (QED) is 0.332. The first-order chi connectivity index (χ1) is 11.6. The standard InChI is InChI=1S/C22H41OS/c1-4-5-6-7-8-9-12-19-13-15-20(16-14-19)21(23)22(2,3)24-17-10-11-18-24/h19-20H,4-18H2,1-3H3/q+1. The largest absolute Gasteiger partial charge is 0.293 e. The summed E-state index contributed by atoms with van der Waals surface area (Å²) < 4.78 is -0.0344. The molecule has 0 aromatic rings. The van der Waals surface area contributed by atoms with Crippen LogP contribution in [-0.2, 0) is 15.7 Å². The number of unbranched alkanes of at least 4 members (excludes halogenated alkanes) is 5. The van der Waals surface area contributed by atoms with E-state index in [1.165, 1.54) is 95.0 Å².